The van der Waals surface area contributed by atoms with Gasteiger partial charge in [0, 0.05) is 54.8 Å². The number of nitro groups is 2. The highest BCUT2D eigenvalue weighted by molar-refractivity contribution is 5.54. The number of nitrogens with one attached hydrogen (secondary N) is 1. The Morgan fingerprint density at radius 1 is 1.10 bits per heavy atom. The number of nitrogens with zero attached hydrogens (tertiary/aromatic N) is 5. The highest BCUT2D eigenvalue weighted by Crippen LogP contribution is 2.27. The molecule has 0 saturated heterocycles. The van der Waals surface area contributed by atoms with Gasteiger partial charge in [0.2, 0.25) is 0 Å². The number of nitro benzene ring substituents is 2. The second kappa shape index (κ2) is 7.79. The Morgan fingerprint density at radius 3 is 2.57 bits per heavy atom. The molecule has 0 fully saturated rings. The van der Waals surface area contributed by atoms with E-state index in [9.17, 15) is 25.0 Å². The van der Waals surface area contributed by atoms with E-state index in [0.29, 0.717) is 42.2 Å². The normalized spacial score (nSPS) is 13.6. The van der Waals surface area contributed by atoms with Gasteiger partial charge in [-0.1, -0.05) is 0 Å². The van der Waals surface area contributed by atoms with Crippen molar-refractivity contribution in [2.75, 3.05) is 6.54 Å². The van der Waals surface area contributed by atoms with E-state index in [-0.39, 0.29) is 23.5 Å². The molecule has 0 spiro atoms. The van der Waals surface area contributed by atoms with Crippen molar-refractivity contribution >= 4 is 11.4 Å². The molecule has 3 heterocycles. The molecule has 0 radical (unpaired) electrons. The first-order valence-electron chi connectivity index (χ1n) is 9.09. The first-order chi connectivity index (χ1) is 14.4. The third kappa shape index (κ3) is 3.78. The van der Waals surface area contributed by atoms with E-state index in [1.54, 1.807) is 24.5 Å². The third-order valence-electron chi connectivity index (χ3n) is 4.98. The molecule has 4 rings (SSSR count). The molecule has 1 aromatic carbocycles. The predicted octanol–water partition coefficient (Wildman–Crippen LogP) is 2.21. The van der Waals surface area contributed by atoms with Gasteiger partial charge in [-0.05, 0) is 24.6 Å². The SMILES string of the molecule is O=c1[nH]c(-c2ccncc2)nc2c1CCN(Cc1ccc([N+](=O)[O-])cc1[N+](=O)[O-])C2. The molecule has 0 atom stereocenters. The zero-order valence-electron chi connectivity index (χ0n) is 15.6. The molecule has 11 heteroatoms. The third-order valence-corrected chi connectivity index (χ3v) is 4.98. The molecule has 0 aliphatic carbocycles. The average Bonchev–Trinajstić information content (AvgIpc) is 2.74. The predicted molar refractivity (Wildman–Crippen MR) is 106 cm³/mol. The molecule has 0 saturated carbocycles. The molecule has 1 aliphatic heterocycles. The Kier molecular flexibility index (Phi) is 5.02. The van der Waals surface area contributed by atoms with E-state index in [1.165, 1.54) is 12.1 Å². The molecule has 0 amide bonds. The highest BCUT2D eigenvalue weighted by atomic mass is 16.6. The van der Waals surface area contributed by atoms with E-state index in [0.717, 1.165) is 11.6 Å². The number of H-pyrrole nitrogens is 1. The number of aromatic nitrogens is 3. The van der Waals surface area contributed by atoms with Gasteiger partial charge in [0.1, 0.15) is 5.82 Å². The molecule has 30 heavy (non-hydrogen) atoms. The van der Waals surface area contributed by atoms with E-state index in [4.69, 9.17) is 0 Å². The fraction of sp³-hybridized carbons (Fsp3) is 0.211. The topological polar surface area (TPSA) is 148 Å². The van der Waals surface area contributed by atoms with E-state index >= 15 is 0 Å². The first kappa shape index (κ1) is 19.3. The summed E-state index contributed by atoms with van der Waals surface area (Å²) in [6, 6.07) is 7.11. The number of fused-ring (bicyclic) bond motifs is 1. The van der Waals surface area contributed by atoms with Gasteiger partial charge in [-0.2, -0.15) is 0 Å². The van der Waals surface area contributed by atoms with Crippen LogP contribution in [-0.2, 0) is 19.5 Å². The lowest BCUT2D eigenvalue weighted by molar-refractivity contribution is -0.394. The van der Waals surface area contributed by atoms with Crippen LogP contribution in [-0.4, -0.2) is 36.2 Å². The molecule has 1 aliphatic rings. The Bertz CT molecular complexity index is 1190. The Balaban J connectivity index is 1.62. The number of aromatic amines is 1. The van der Waals surface area contributed by atoms with Crippen LogP contribution < -0.4 is 5.56 Å². The van der Waals surface area contributed by atoms with Crippen LogP contribution >= 0.6 is 0 Å². The summed E-state index contributed by atoms with van der Waals surface area (Å²) in [4.78, 5) is 46.8. The van der Waals surface area contributed by atoms with Crippen LogP contribution in [0.2, 0.25) is 0 Å². The summed E-state index contributed by atoms with van der Waals surface area (Å²) in [5.74, 6) is 0.435. The van der Waals surface area contributed by atoms with Gasteiger partial charge in [-0.25, -0.2) is 4.98 Å². The summed E-state index contributed by atoms with van der Waals surface area (Å²) in [6.07, 6.45) is 3.67. The molecule has 2 aromatic heterocycles. The minimum atomic E-state index is -0.662. The van der Waals surface area contributed by atoms with Crippen LogP contribution in [0.3, 0.4) is 0 Å². The summed E-state index contributed by atoms with van der Waals surface area (Å²) in [5, 5.41) is 22.3. The number of pyridine rings is 1. The quantitative estimate of drug-likeness (QED) is 0.499. The average molecular weight is 408 g/mol. The molecule has 11 nitrogen and oxygen atoms in total. The fourth-order valence-electron chi connectivity index (χ4n) is 3.49. The van der Waals surface area contributed by atoms with Crippen molar-refractivity contribution < 1.29 is 9.85 Å². The summed E-state index contributed by atoms with van der Waals surface area (Å²) in [7, 11) is 0. The van der Waals surface area contributed by atoms with Gasteiger partial charge in [0.05, 0.1) is 21.6 Å². The summed E-state index contributed by atoms with van der Waals surface area (Å²) in [6.45, 7) is 1.07. The molecule has 0 bridgehead atoms. The molecule has 152 valence electrons. The van der Waals surface area contributed by atoms with Gasteiger partial charge in [-0.15, -0.1) is 0 Å². The number of benzene rings is 1. The van der Waals surface area contributed by atoms with Crippen molar-refractivity contribution in [2.24, 2.45) is 0 Å². The van der Waals surface area contributed by atoms with Crippen molar-refractivity contribution in [1.29, 1.82) is 0 Å². The van der Waals surface area contributed by atoms with Crippen molar-refractivity contribution in [3.63, 3.8) is 0 Å². The van der Waals surface area contributed by atoms with Gasteiger partial charge in [-0.3, -0.25) is 34.9 Å². The zero-order chi connectivity index (χ0) is 21.3. The van der Waals surface area contributed by atoms with E-state index < -0.39 is 9.85 Å². The summed E-state index contributed by atoms with van der Waals surface area (Å²) in [5.41, 5.74) is 1.48. The van der Waals surface area contributed by atoms with Crippen LogP contribution in [0, 0.1) is 20.2 Å². The Labute approximate surface area is 169 Å². The molecular weight excluding hydrogens is 392 g/mol. The maximum absolute atomic E-state index is 12.5. The lowest BCUT2D eigenvalue weighted by Crippen LogP contribution is -2.35. The summed E-state index contributed by atoms with van der Waals surface area (Å²) < 4.78 is 0. The van der Waals surface area contributed by atoms with Crippen LogP contribution in [0.4, 0.5) is 11.4 Å². The Morgan fingerprint density at radius 2 is 1.87 bits per heavy atom. The van der Waals surface area contributed by atoms with Crippen molar-refractivity contribution in [1.82, 2.24) is 19.9 Å². The van der Waals surface area contributed by atoms with Crippen LogP contribution in [0.25, 0.3) is 11.4 Å². The molecular formula is C19H16N6O5. The van der Waals surface area contributed by atoms with Gasteiger partial charge >= 0.3 is 0 Å². The lowest BCUT2D eigenvalue weighted by Gasteiger charge is -2.27. The molecule has 0 unspecified atom stereocenters. The number of hydrogen-bond acceptors (Lipinski definition) is 8. The van der Waals surface area contributed by atoms with Crippen LogP contribution in [0.5, 0.6) is 0 Å². The Hall–Kier alpha value is -3.99. The number of hydrogen-bond donors (Lipinski definition) is 1. The second-order valence-corrected chi connectivity index (χ2v) is 6.86. The van der Waals surface area contributed by atoms with Crippen LogP contribution in [0.1, 0.15) is 16.8 Å². The molecule has 3 aromatic rings. The molecule has 1 N–H and O–H groups in total. The monoisotopic (exact) mass is 408 g/mol. The number of non-ortho nitro benzene ring substituents is 1. The smallest absolute Gasteiger partial charge is 0.280 e. The summed E-state index contributed by atoms with van der Waals surface area (Å²) >= 11 is 0. The maximum atomic E-state index is 12.5. The zero-order valence-corrected chi connectivity index (χ0v) is 15.6. The first-order valence-corrected chi connectivity index (χ1v) is 9.09. The standard InChI is InChI=1S/C19H16N6O5/c26-19-15-5-8-23(10-13-1-2-14(24(27)28)9-17(13)25(29)30)11-16(15)21-18(22-19)12-3-6-20-7-4-12/h1-4,6-7,9H,5,8,10-11H2,(H,21,22,26). The van der Waals surface area contributed by atoms with Gasteiger partial charge in [0.15, 0.2) is 0 Å². The number of rotatable bonds is 5. The van der Waals surface area contributed by atoms with Crippen molar-refractivity contribution in [3.8, 4) is 11.4 Å². The van der Waals surface area contributed by atoms with Crippen molar-refractivity contribution in [3.05, 3.63) is 90.1 Å². The maximum Gasteiger partial charge on any atom is 0.280 e. The van der Waals surface area contributed by atoms with Gasteiger partial charge in [0.25, 0.3) is 16.9 Å². The van der Waals surface area contributed by atoms with E-state index in [1.807, 2.05) is 4.90 Å². The van der Waals surface area contributed by atoms with Crippen LogP contribution in [0.15, 0.2) is 47.5 Å². The highest BCUT2D eigenvalue weighted by Gasteiger charge is 2.25. The minimum Gasteiger partial charge on any atom is -0.306 e. The second-order valence-electron chi connectivity index (χ2n) is 6.86. The largest absolute Gasteiger partial charge is 0.306 e. The minimum absolute atomic E-state index is 0.201. The fourth-order valence-corrected chi connectivity index (χ4v) is 3.49. The van der Waals surface area contributed by atoms with E-state index in [2.05, 4.69) is 15.0 Å². The lowest BCUT2D eigenvalue weighted by atomic mass is 10.0. The van der Waals surface area contributed by atoms with Crippen molar-refractivity contribution in [2.45, 2.75) is 19.5 Å². The van der Waals surface area contributed by atoms with Gasteiger partial charge < -0.3 is 4.98 Å².